The average Bonchev–Trinajstić information content (AvgIpc) is 2.10. The van der Waals surface area contributed by atoms with E-state index in [9.17, 15) is 12.8 Å². The van der Waals surface area contributed by atoms with Crippen molar-refractivity contribution in [1.29, 1.82) is 0 Å². The van der Waals surface area contributed by atoms with Crippen LogP contribution >= 0.6 is 0 Å². The zero-order valence-electron chi connectivity index (χ0n) is 7.70. The Labute approximate surface area is 82.1 Å². The number of hydrogen-bond acceptors (Lipinski definition) is 3. The van der Waals surface area contributed by atoms with E-state index in [2.05, 4.69) is 0 Å². The largest absolute Gasteiger partial charge is 0.508 e. The van der Waals surface area contributed by atoms with Crippen LogP contribution in [-0.2, 0) is 15.6 Å². The molecule has 0 aliphatic carbocycles. The van der Waals surface area contributed by atoms with E-state index in [0.717, 1.165) is 6.07 Å². The third kappa shape index (κ3) is 2.70. The summed E-state index contributed by atoms with van der Waals surface area (Å²) in [7, 11) is -3.23. The van der Waals surface area contributed by atoms with E-state index < -0.39 is 15.7 Å². The third-order valence-corrected chi connectivity index (χ3v) is 3.48. The molecule has 0 aromatic heterocycles. The Morgan fingerprint density at radius 1 is 1.43 bits per heavy atom. The van der Waals surface area contributed by atoms with Gasteiger partial charge in [0.1, 0.15) is 11.6 Å². The summed E-state index contributed by atoms with van der Waals surface area (Å²) in [6, 6.07) is 3.45. The molecule has 0 saturated heterocycles. The maximum absolute atomic E-state index is 13.1. The molecule has 3 nitrogen and oxygen atoms in total. The molecule has 0 aliphatic rings. The van der Waals surface area contributed by atoms with E-state index >= 15 is 0 Å². The normalized spacial score (nSPS) is 11.6. The van der Waals surface area contributed by atoms with Gasteiger partial charge in [0.05, 0.1) is 5.75 Å². The Morgan fingerprint density at radius 3 is 2.57 bits per heavy atom. The van der Waals surface area contributed by atoms with E-state index in [4.69, 9.17) is 5.11 Å². The predicted octanol–water partition coefficient (Wildman–Crippen LogP) is 1.47. The van der Waals surface area contributed by atoms with Crippen molar-refractivity contribution in [3.63, 3.8) is 0 Å². The van der Waals surface area contributed by atoms with Crippen molar-refractivity contribution in [2.75, 3.05) is 5.75 Å². The van der Waals surface area contributed by atoms with E-state index in [0.29, 0.717) is 0 Å². The van der Waals surface area contributed by atoms with Gasteiger partial charge in [0.25, 0.3) is 0 Å². The minimum Gasteiger partial charge on any atom is -0.508 e. The Hall–Kier alpha value is -1.10. The zero-order valence-corrected chi connectivity index (χ0v) is 8.51. The topological polar surface area (TPSA) is 54.4 Å². The van der Waals surface area contributed by atoms with Crippen molar-refractivity contribution < 1.29 is 17.9 Å². The molecule has 0 atom stereocenters. The molecule has 1 aromatic rings. The number of rotatable bonds is 3. The Kier molecular flexibility index (Phi) is 3.10. The molecular formula is C9H11FO3S. The van der Waals surface area contributed by atoms with Crippen molar-refractivity contribution in [3.05, 3.63) is 29.6 Å². The highest BCUT2D eigenvalue weighted by atomic mass is 32.2. The van der Waals surface area contributed by atoms with Gasteiger partial charge in [-0.25, -0.2) is 12.8 Å². The molecule has 1 N–H and O–H groups in total. The van der Waals surface area contributed by atoms with Gasteiger partial charge in [0, 0.05) is 17.4 Å². The summed E-state index contributed by atoms with van der Waals surface area (Å²) in [6.45, 7) is 1.51. The van der Waals surface area contributed by atoms with Crippen molar-refractivity contribution in [3.8, 4) is 5.75 Å². The second-order valence-electron chi connectivity index (χ2n) is 2.95. The lowest BCUT2D eigenvalue weighted by Crippen LogP contribution is -2.07. The summed E-state index contributed by atoms with van der Waals surface area (Å²) in [6.07, 6.45) is 0. The Bertz CT molecular complexity index is 426. The smallest absolute Gasteiger partial charge is 0.154 e. The molecule has 0 amide bonds. The van der Waals surface area contributed by atoms with Crippen LogP contribution in [-0.4, -0.2) is 19.3 Å². The van der Waals surface area contributed by atoms with Crippen LogP contribution in [0.1, 0.15) is 12.5 Å². The van der Waals surface area contributed by atoms with Gasteiger partial charge in [-0.15, -0.1) is 0 Å². The minimum atomic E-state index is -3.23. The maximum atomic E-state index is 13.1. The lowest BCUT2D eigenvalue weighted by molar-refractivity contribution is 0.468. The molecule has 0 saturated carbocycles. The van der Waals surface area contributed by atoms with E-state index in [-0.39, 0.29) is 22.8 Å². The standard InChI is InChI=1S/C9H11FO3S/c1-2-14(12,13)6-7-3-4-8(11)5-9(7)10/h3-5,11H,2,6H2,1H3. The quantitative estimate of drug-likeness (QED) is 0.835. The second kappa shape index (κ2) is 3.96. The summed E-state index contributed by atoms with van der Waals surface area (Å²) in [5.41, 5.74) is 0.0876. The number of hydrogen-bond donors (Lipinski definition) is 1. The monoisotopic (exact) mass is 218 g/mol. The van der Waals surface area contributed by atoms with Gasteiger partial charge in [0.2, 0.25) is 0 Å². The zero-order chi connectivity index (χ0) is 10.8. The summed E-state index contributed by atoms with van der Waals surface area (Å²) in [4.78, 5) is 0. The van der Waals surface area contributed by atoms with Crippen molar-refractivity contribution in [1.82, 2.24) is 0 Å². The van der Waals surface area contributed by atoms with Crippen LogP contribution in [0, 0.1) is 5.82 Å². The minimum absolute atomic E-state index is 0.0205. The number of aromatic hydroxyl groups is 1. The number of phenolic OH excluding ortho intramolecular Hbond substituents is 1. The second-order valence-corrected chi connectivity index (χ2v) is 5.31. The Balaban J connectivity index is 2.99. The highest BCUT2D eigenvalue weighted by Crippen LogP contribution is 2.17. The average molecular weight is 218 g/mol. The lowest BCUT2D eigenvalue weighted by atomic mass is 10.2. The van der Waals surface area contributed by atoms with Crippen LogP contribution in [0.3, 0.4) is 0 Å². The van der Waals surface area contributed by atoms with Gasteiger partial charge in [-0.05, 0) is 6.07 Å². The third-order valence-electron chi connectivity index (χ3n) is 1.85. The lowest BCUT2D eigenvalue weighted by Gasteiger charge is -2.03. The van der Waals surface area contributed by atoms with Crippen LogP contribution in [0.15, 0.2) is 18.2 Å². The molecule has 0 aliphatic heterocycles. The highest BCUT2D eigenvalue weighted by Gasteiger charge is 2.12. The first-order valence-corrected chi connectivity index (χ1v) is 5.94. The van der Waals surface area contributed by atoms with Crippen LogP contribution < -0.4 is 0 Å². The van der Waals surface area contributed by atoms with Gasteiger partial charge in [-0.3, -0.25) is 0 Å². The van der Waals surface area contributed by atoms with Crippen LogP contribution in [0.5, 0.6) is 5.75 Å². The fourth-order valence-electron chi connectivity index (χ4n) is 0.992. The van der Waals surface area contributed by atoms with Crippen molar-refractivity contribution in [2.45, 2.75) is 12.7 Å². The van der Waals surface area contributed by atoms with Gasteiger partial charge >= 0.3 is 0 Å². The number of sulfone groups is 1. The Morgan fingerprint density at radius 2 is 2.07 bits per heavy atom. The van der Waals surface area contributed by atoms with E-state index in [1.54, 1.807) is 0 Å². The summed E-state index contributed by atoms with van der Waals surface area (Å²) >= 11 is 0. The molecule has 1 rings (SSSR count). The van der Waals surface area contributed by atoms with Crippen LogP contribution in [0.25, 0.3) is 0 Å². The van der Waals surface area contributed by atoms with Crippen molar-refractivity contribution in [2.24, 2.45) is 0 Å². The SMILES string of the molecule is CCS(=O)(=O)Cc1ccc(O)cc1F. The molecule has 5 heteroatoms. The molecule has 0 heterocycles. The highest BCUT2D eigenvalue weighted by molar-refractivity contribution is 7.90. The first kappa shape index (κ1) is 11.0. The molecule has 0 fully saturated rings. The molecule has 0 unspecified atom stereocenters. The van der Waals surface area contributed by atoms with Gasteiger partial charge in [0.15, 0.2) is 9.84 Å². The number of benzene rings is 1. The molecule has 1 aromatic carbocycles. The summed E-state index contributed by atoms with van der Waals surface area (Å²) in [5.74, 6) is -1.25. The maximum Gasteiger partial charge on any atom is 0.154 e. The van der Waals surface area contributed by atoms with Gasteiger partial charge in [-0.1, -0.05) is 13.0 Å². The summed E-state index contributed by atoms with van der Waals surface area (Å²) < 4.78 is 35.4. The number of phenols is 1. The first-order chi connectivity index (χ1) is 6.44. The molecule has 0 bridgehead atoms. The van der Waals surface area contributed by atoms with Crippen molar-refractivity contribution >= 4 is 9.84 Å². The van der Waals surface area contributed by atoms with Crippen LogP contribution in [0.2, 0.25) is 0 Å². The van der Waals surface area contributed by atoms with Gasteiger partial charge < -0.3 is 5.11 Å². The fourth-order valence-corrected chi connectivity index (χ4v) is 1.90. The molecule has 0 spiro atoms. The fraction of sp³-hybridized carbons (Fsp3) is 0.333. The molecular weight excluding hydrogens is 207 g/mol. The molecule has 0 radical (unpaired) electrons. The summed E-state index contributed by atoms with van der Waals surface area (Å²) in [5, 5.41) is 8.90. The van der Waals surface area contributed by atoms with Gasteiger partial charge in [-0.2, -0.15) is 0 Å². The predicted molar refractivity (Wildman–Crippen MR) is 51.2 cm³/mol. The molecule has 78 valence electrons. The molecule has 14 heavy (non-hydrogen) atoms. The van der Waals surface area contributed by atoms with E-state index in [1.807, 2.05) is 0 Å². The first-order valence-electron chi connectivity index (χ1n) is 4.12. The number of halogens is 1. The van der Waals surface area contributed by atoms with Crippen LogP contribution in [0.4, 0.5) is 4.39 Å². The van der Waals surface area contributed by atoms with E-state index in [1.165, 1.54) is 19.1 Å².